The zero-order chi connectivity index (χ0) is 20.2. The van der Waals surface area contributed by atoms with Gasteiger partial charge in [-0.2, -0.15) is 0 Å². The van der Waals surface area contributed by atoms with Crippen molar-refractivity contribution in [1.82, 2.24) is 10.3 Å². The van der Waals surface area contributed by atoms with Crippen molar-refractivity contribution in [1.29, 1.82) is 0 Å². The van der Waals surface area contributed by atoms with Crippen LogP contribution < -0.4 is 10.1 Å². The largest absolute Gasteiger partial charge is 0.491 e. The molecule has 4 rings (SSSR count). The van der Waals surface area contributed by atoms with Gasteiger partial charge in [0.15, 0.2) is 0 Å². The van der Waals surface area contributed by atoms with Gasteiger partial charge in [0.05, 0.1) is 24.9 Å². The van der Waals surface area contributed by atoms with E-state index in [1.54, 1.807) is 13.3 Å². The predicted octanol–water partition coefficient (Wildman–Crippen LogP) is 4.88. The molecule has 154 valence electrons. The number of carbonyl (C=O) groups is 1. The number of hydrogen-bond donors (Lipinski definition) is 1. The van der Waals surface area contributed by atoms with Crippen molar-refractivity contribution in [2.75, 3.05) is 13.7 Å². The molecule has 0 radical (unpaired) electrons. The number of aromatic nitrogens is 1. The van der Waals surface area contributed by atoms with E-state index in [0.29, 0.717) is 29.0 Å². The number of carbonyl (C=O) groups excluding carboxylic acids is 1. The summed E-state index contributed by atoms with van der Waals surface area (Å²) in [5.41, 5.74) is 2.19. The van der Waals surface area contributed by atoms with Crippen LogP contribution >= 0.6 is 11.6 Å². The number of hydrogen-bond acceptors (Lipinski definition) is 4. The van der Waals surface area contributed by atoms with Crippen LogP contribution in [0.15, 0.2) is 36.5 Å². The summed E-state index contributed by atoms with van der Waals surface area (Å²) < 4.78 is 11.6. The molecule has 0 unspecified atom stereocenters. The molecule has 0 saturated heterocycles. The van der Waals surface area contributed by atoms with Crippen molar-refractivity contribution in [2.24, 2.45) is 5.92 Å². The van der Waals surface area contributed by atoms with E-state index in [4.69, 9.17) is 21.1 Å². The third-order valence-corrected chi connectivity index (χ3v) is 6.00. The quantitative estimate of drug-likeness (QED) is 0.701. The van der Waals surface area contributed by atoms with Crippen LogP contribution in [-0.4, -0.2) is 36.8 Å². The normalized spacial score (nSPS) is 21.6. The smallest absolute Gasteiger partial charge is 0.270 e. The van der Waals surface area contributed by atoms with Crippen LogP contribution in [0, 0.1) is 5.92 Å². The second kappa shape index (κ2) is 9.14. The summed E-state index contributed by atoms with van der Waals surface area (Å²) in [6.45, 7) is 0.686. The second-order valence-electron chi connectivity index (χ2n) is 7.97. The molecule has 1 N–H and O–H groups in total. The monoisotopic (exact) mass is 414 g/mol. The van der Waals surface area contributed by atoms with Gasteiger partial charge in [0.25, 0.3) is 5.91 Å². The third kappa shape index (κ3) is 5.09. The van der Waals surface area contributed by atoms with E-state index in [0.717, 1.165) is 36.8 Å². The zero-order valence-corrected chi connectivity index (χ0v) is 17.5. The summed E-state index contributed by atoms with van der Waals surface area (Å²) in [7, 11) is 1.71. The molecule has 2 aromatic rings. The molecule has 2 aliphatic carbocycles. The lowest BCUT2D eigenvalue weighted by Gasteiger charge is -2.30. The molecule has 2 saturated carbocycles. The lowest BCUT2D eigenvalue weighted by molar-refractivity contribution is 0.0391. The summed E-state index contributed by atoms with van der Waals surface area (Å²) in [4.78, 5) is 17.3. The first-order valence-electron chi connectivity index (χ1n) is 10.4. The lowest BCUT2D eigenvalue weighted by atomic mass is 9.92. The number of pyridine rings is 1. The Balaban J connectivity index is 1.57. The minimum atomic E-state index is -0.178. The van der Waals surface area contributed by atoms with Crippen molar-refractivity contribution in [3.63, 3.8) is 0 Å². The summed E-state index contributed by atoms with van der Waals surface area (Å²) in [6.07, 6.45) is 8.29. The number of halogens is 1. The van der Waals surface area contributed by atoms with Gasteiger partial charge >= 0.3 is 0 Å². The van der Waals surface area contributed by atoms with E-state index in [9.17, 15) is 4.79 Å². The highest BCUT2D eigenvalue weighted by Gasteiger charge is 2.27. The van der Waals surface area contributed by atoms with Gasteiger partial charge in [-0.15, -0.1) is 0 Å². The van der Waals surface area contributed by atoms with Gasteiger partial charge in [-0.05, 0) is 55.4 Å². The van der Waals surface area contributed by atoms with E-state index in [1.165, 1.54) is 12.8 Å². The SMILES string of the molecule is CO[C@H]1CCCC[C@H]1NC(=O)c1cc(-c2ccc(Cl)cc2)c(OCC2CC2)cn1. The van der Waals surface area contributed by atoms with E-state index in [2.05, 4.69) is 10.3 Å². The zero-order valence-electron chi connectivity index (χ0n) is 16.7. The van der Waals surface area contributed by atoms with Gasteiger partial charge in [0, 0.05) is 17.7 Å². The van der Waals surface area contributed by atoms with Crippen LogP contribution in [0.25, 0.3) is 11.1 Å². The van der Waals surface area contributed by atoms with Gasteiger partial charge in [-0.1, -0.05) is 36.6 Å². The van der Waals surface area contributed by atoms with E-state index < -0.39 is 0 Å². The Morgan fingerprint density at radius 3 is 2.66 bits per heavy atom. The van der Waals surface area contributed by atoms with Crippen LogP contribution in [0.5, 0.6) is 5.75 Å². The molecule has 2 aliphatic rings. The molecule has 1 heterocycles. The first-order chi connectivity index (χ1) is 14.1. The first kappa shape index (κ1) is 20.2. The fraction of sp³-hybridized carbons (Fsp3) is 0.478. The Morgan fingerprint density at radius 2 is 1.93 bits per heavy atom. The van der Waals surface area contributed by atoms with Gasteiger partial charge in [-0.3, -0.25) is 4.79 Å². The predicted molar refractivity (Wildman–Crippen MR) is 113 cm³/mol. The fourth-order valence-corrected chi connectivity index (χ4v) is 3.94. The minimum Gasteiger partial charge on any atom is -0.491 e. The number of nitrogens with one attached hydrogen (secondary N) is 1. The average molecular weight is 415 g/mol. The van der Waals surface area contributed by atoms with Crippen molar-refractivity contribution in [2.45, 2.75) is 50.7 Å². The third-order valence-electron chi connectivity index (χ3n) is 5.75. The standard InChI is InChI=1S/C23H27ClN2O3/c1-28-21-5-3-2-4-19(21)26-23(27)20-12-18(16-8-10-17(24)11-9-16)22(13-25-20)29-14-15-6-7-15/h8-13,15,19,21H,2-7,14H2,1H3,(H,26,27)/t19-,21+/m1/s1. The Bertz CT molecular complexity index is 852. The van der Waals surface area contributed by atoms with E-state index in [1.807, 2.05) is 30.3 Å². The number of nitrogens with zero attached hydrogens (tertiary/aromatic N) is 1. The molecule has 0 aliphatic heterocycles. The van der Waals surface area contributed by atoms with Gasteiger partial charge in [0.1, 0.15) is 11.4 Å². The summed E-state index contributed by atoms with van der Waals surface area (Å²) in [5, 5.41) is 3.79. The molecular formula is C23H27ClN2O3. The minimum absolute atomic E-state index is 0.0211. The maximum absolute atomic E-state index is 12.9. The van der Waals surface area contributed by atoms with E-state index >= 15 is 0 Å². The fourth-order valence-electron chi connectivity index (χ4n) is 3.82. The highest BCUT2D eigenvalue weighted by Crippen LogP contribution is 2.34. The molecule has 1 aromatic heterocycles. The van der Waals surface area contributed by atoms with Gasteiger partial charge in [-0.25, -0.2) is 4.98 Å². The maximum Gasteiger partial charge on any atom is 0.270 e. The molecule has 5 nitrogen and oxygen atoms in total. The topological polar surface area (TPSA) is 60.5 Å². The number of benzene rings is 1. The van der Waals surface area contributed by atoms with Crippen LogP contribution in [0.3, 0.4) is 0 Å². The van der Waals surface area contributed by atoms with Crippen molar-refractivity contribution in [3.05, 3.63) is 47.2 Å². The summed E-state index contributed by atoms with van der Waals surface area (Å²) >= 11 is 6.05. The lowest BCUT2D eigenvalue weighted by Crippen LogP contribution is -2.46. The Labute approximate surface area is 176 Å². The molecule has 2 atom stereocenters. The van der Waals surface area contributed by atoms with Crippen LogP contribution in [0.2, 0.25) is 5.02 Å². The molecule has 2 fully saturated rings. The van der Waals surface area contributed by atoms with Crippen LogP contribution in [-0.2, 0) is 4.74 Å². The van der Waals surface area contributed by atoms with E-state index in [-0.39, 0.29) is 18.1 Å². The molecule has 29 heavy (non-hydrogen) atoms. The van der Waals surface area contributed by atoms with Crippen LogP contribution in [0.1, 0.15) is 49.0 Å². The highest BCUT2D eigenvalue weighted by molar-refractivity contribution is 6.30. The number of ether oxygens (including phenoxy) is 2. The number of rotatable bonds is 7. The first-order valence-corrected chi connectivity index (χ1v) is 10.7. The maximum atomic E-state index is 12.9. The summed E-state index contributed by atoms with van der Waals surface area (Å²) in [6, 6.07) is 9.38. The van der Waals surface area contributed by atoms with Crippen molar-refractivity contribution in [3.8, 4) is 16.9 Å². The van der Waals surface area contributed by atoms with Gasteiger partial charge in [0.2, 0.25) is 0 Å². The number of methoxy groups -OCH3 is 1. The molecular weight excluding hydrogens is 388 g/mol. The van der Waals surface area contributed by atoms with Crippen molar-refractivity contribution < 1.29 is 14.3 Å². The molecule has 0 spiro atoms. The Kier molecular flexibility index (Phi) is 6.36. The van der Waals surface area contributed by atoms with Crippen molar-refractivity contribution >= 4 is 17.5 Å². The number of amides is 1. The Hall–Kier alpha value is -2.11. The molecule has 1 amide bonds. The summed E-state index contributed by atoms with van der Waals surface area (Å²) in [5.74, 6) is 1.15. The molecule has 6 heteroatoms. The molecule has 1 aromatic carbocycles. The second-order valence-corrected chi connectivity index (χ2v) is 8.40. The Morgan fingerprint density at radius 1 is 1.17 bits per heavy atom. The average Bonchev–Trinajstić information content (AvgIpc) is 3.58. The molecule has 0 bridgehead atoms. The highest BCUT2D eigenvalue weighted by atomic mass is 35.5. The van der Waals surface area contributed by atoms with Crippen LogP contribution in [0.4, 0.5) is 0 Å². The van der Waals surface area contributed by atoms with Gasteiger partial charge < -0.3 is 14.8 Å².